The molecule has 2 atom stereocenters. The number of nitrogens with one attached hydrogen (secondary N) is 1. The highest BCUT2D eigenvalue weighted by Gasteiger charge is 2.29. The highest BCUT2D eigenvalue weighted by molar-refractivity contribution is 7.09. The lowest BCUT2D eigenvalue weighted by Gasteiger charge is -2.34. The zero-order chi connectivity index (χ0) is 14.7. The van der Waals surface area contributed by atoms with Crippen LogP contribution in [-0.2, 0) is 6.54 Å². The SMILES string of the molecule is Cc1nc(CN2CC(C3CCCCC3)NCCC2C)cs1. The molecule has 2 fully saturated rings. The first-order valence-electron chi connectivity index (χ1n) is 8.61. The highest BCUT2D eigenvalue weighted by Crippen LogP contribution is 2.28. The van der Waals surface area contributed by atoms with E-state index in [1.54, 1.807) is 11.3 Å². The summed E-state index contributed by atoms with van der Waals surface area (Å²) in [7, 11) is 0. The molecule has 1 saturated carbocycles. The Morgan fingerprint density at radius 3 is 2.81 bits per heavy atom. The number of thiazole rings is 1. The normalized spacial score (nSPS) is 29.4. The summed E-state index contributed by atoms with van der Waals surface area (Å²) in [5.74, 6) is 0.892. The van der Waals surface area contributed by atoms with Gasteiger partial charge in [0.15, 0.2) is 0 Å². The van der Waals surface area contributed by atoms with E-state index < -0.39 is 0 Å². The number of nitrogens with zero attached hydrogens (tertiary/aromatic N) is 2. The van der Waals surface area contributed by atoms with Gasteiger partial charge in [0.2, 0.25) is 0 Å². The molecule has 1 aliphatic heterocycles. The van der Waals surface area contributed by atoms with Crippen molar-refractivity contribution in [1.29, 1.82) is 0 Å². The van der Waals surface area contributed by atoms with Crippen LogP contribution in [0, 0.1) is 12.8 Å². The topological polar surface area (TPSA) is 28.2 Å². The average molecular weight is 308 g/mol. The predicted molar refractivity (Wildman–Crippen MR) is 89.7 cm³/mol. The maximum atomic E-state index is 4.66. The van der Waals surface area contributed by atoms with Gasteiger partial charge in [-0.3, -0.25) is 4.90 Å². The van der Waals surface area contributed by atoms with Gasteiger partial charge in [-0.25, -0.2) is 4.98 Å². The molecule has 4 heteroatoms. The molecule has 0 amide bonds. The Hall–Kier alpha value is -0.450. The minimum atomic E-state index is 0.660. The van der Waals surface area contributed by atoms with Crippen LogP contribution in [0.2, 0.25) is 0 Å². The number of rotatable bonds is 3. The molecule has 0 bridgehead atoms. The Labute approximate surface area is 133 Å². The summed E-state index contributed by atoms with van der Waals surface area (Å²) < 4.78 is 0. The van der Waals surface area contributed by atoms with Crippen molar-refractivity contribution in [1.82, 2.24) is 15.2 Å². The van der Waals surface area contributed by atoms with Crippen LogP contribution >= 0.6 is 11.3 Å². The van der Waals surface area contributed by atoms with Gasteiger partial charge in [0.1, 0.15) is 0 Å². The van der Waals surface area contributed by atoms with Crippen LogP contribution in [0.4, 0.5) is 0 Å². The first-order valence-corrected chi connectivity index (χ1v) is 9.49. The lowest BCUT2D eigenvalue weighted by Crippen LogP contribution is -2.44. The third kappa shape index (κ3) is 4.05. The fraction of sp³-hybridized carbons (Fsp3) is 0.824. The van der Waals surface area contributed by atoms with Crippen LogP contribution in [0.15, 0.2) is 5.38 Å². The van der Waals surface area contributed by atoms with Crippen molar-refractivity contribution < 1.29 is 0 Å². The van der Waals surface area contributed by atoms with E-state index in [2.05, 4.69) is 34.4 Å². The minimum absolute atomic E-state index is 0.660. The van der Waals surface area contributed by atoms with Gasteiger partial charge < -0.3 is 5.32 Å². The van der Waals surface area contributed by atoms with E-state index in [-0.39, 0.29) is 0 Å². The van der Waals surface area contributed by atoms with Crippen molar-refractivity contribution in [2.24, 2.45) is 5.92 Å². The largest absolute Gasteiger partial charge is 0.312 e. The number of hydrogen-bond acceptors (Lipinski definition) is 4. The molecular weight excluding hydrogens is 278 g/mol. The highest BCUT2D eigenvalue weighted by atomic mass is 32.1. The maximum Gasteiger partial charge on any atom is 0.0897 e. The lowest BCUT2D eigenvalue weighted by molar-refractivity contribution is 0.164. The van der Waals surface area contributed by atoms with Gasteiger partial charge in [0.25, 0.3) is 0 Å². The Morgan fingerprint density at radius 2 is 2.10 bits per heavy atom. The summed E-state index contributed by atoms with van der Waals surface area (Å²) in [6.45, 7) is 7.88. The van der Waals surface area contributed by atoms with Gasteiger partial charge >= 0.3 is 0 Å². The van der Waals surface area contributed by atoms with E-state index >= 15 is 0 Å². The predicted octanol–water partition coefficient (Wildman–Crippen LogP) is 3.58. The zero-order valence-corrected chi connectivity index (χ0v) is 14.3. The smallest absolute Gasteiger partial charge is 0.0897 e. The van der Waals surface area contributed by atoms with Gasteiger partial charge in [-0.05, 0) is 45.6 Å². The number of aromatic nitrogens is 1. The Morgan fingerprint density at radius 1 is 1.29 bits per heavy atom. The maximum absolute atomic E-state index is 4.66. The summed E-state index contributed by atoms with van der Waals surface area (Å²) in [5.41, 5.74) is 1.26. The first-order chi connectivity index (χ1) is 10.2. The van der Waals surface area contributed by atoms with Crippen LogP contribution < -0.4 is 5.32 Å². The molecule has 0 radical (unpaired) electrons. The summed E-state index contributed by atoms with van der Waals surface area (Å²) in [6.07, 6.45) is 8.42. The molecule has 3 rings (SSSR count). The molecule has 2 aliphatic rings. The molecule has 0 aromatic carbocycles. The first kappa shape index (κ1) is 15.4. The van der Waals surface area contributed by atoms with E-state index in [4.69, 9.17) is 0 Å². The van der Waals surface area contributed by atoms with Crippen molar-refractivity contribution >= 4 is 11.3 Å². The summed E-state index contributed by atoms with van der Waals surface area (Å²) in [4.78, 5) is 7.32. The minimum Gasteiger partial charge on any atom is -0.312 e. The fourth-order valence-corrected chi connectivity index (χ4v) is 4.52. The molecule has 1 aromatic rings. The van der Waals surface area contributed by atoms with Crippen molar-refractivity contribution in [3.63, 3.8) is 0 Å². The van der Waals surface area contributed by atoms with Gasteiger partial charge in [0.05, 0.1) is 10.7 Å². The second-order valence-corrected chi connectivity index (χ2v) is 7.95. The van der Waals surface area contributed by atoms with Crippen molar-refractivity contribution in [3.8, 4) is 0 Å². The van der Waals surface area contributed by atoms with E-state index in [1.807, 2.05) is 0 Å². The van der Waals surface area contributed by atoms with Crippen LogP contribution in [0.1, 0.15) is 56.2 Å². The molecule has 118 valence electrons. The van der Waals surface area contributed by atoms with E-state index in [0.29, 0.717) is 12.1 Å². The van der Waals surface area contributed by atoms with Crippen LogP contribution in [-0.4, -0.2) is 35.1 Å². The second kappa shape index (κ2) is 7.21. The van der Waals surface area contributed by atoms with Crippen LogP contribution in [0.25, 0.3) is 0 Å². The van der Waals surface area contributed by atoms with Gasteiger partial charge in [-0.1, -0.05) is 19.3 Å². The van der Waals surface area contributed by atoms with E-state index in [0.717, 1.165) is 12.5 Å². The number of hydrogen-bond donors (Lipinski definition) is 1. The van der Waals surface area contributed by atoms with Gasteiger partial charge in [-0.2, -0.15) is 0 Å². The molecule has 1 aromatic heterocycles. The summed E-state index contributed by atoms with van der Waals surface area (Å²) >= 11 is 1.77. The quantitative estimate of drug-likeness (QED) is 0.925. The molecule has 3 nitrogen and oxygen atoms in total. The molecule has 1 saturated heterocycles. The third-order valence-corrected chi connectivity index (χ3v) is 6.10. The third-order valence-electron chi connectivity index (χ3n) is 5.27. The summed E-state index contributed by atoms with van der Waals surface area (Å²) in [5, 5.41) is 7.26. The molecule has 0 spiro atoms. The lowest BCUT2D eigenvalue weighted by atomic mass is 9.83. The van der Waals surface area contributed by atoms with Gasteiger partial charge in [0, 0.05) is 30.6 Å². The van der Waals surface area contributed by atoms with E-state index in [1.165, 1.54) is 62.3 Å². The zero-order valence-electron chi connectivity index (χ0n) is 13.5. The van der Waals surface area contributed by atoms with Crippen molar-refractivity contribution in [2.45, 2.75) is 71.0 Å². The molecule has 1 N–H and O–H groups in total. The molecular formula is C17H29N3S. The average Bonchev–Trinajstić information content (AvgIpc) is 2.81. The molecule has 2 heterocycles. The van der Waals surface area contributed by atoms with Crippen molar-refractivity contribution in [2.75, 3.05) is 13.1 Å². The Kier molecular flexibility index (Phi) is 5.30. The monoisotopic (exact) mass is 307 g/mol. The molecule has 21 heavy (non-hydrogen) atoms. The standard InChI is InChI=1S/C17H29N3S/c1-13-8-9-18-17(15-6-4-3-5-7-15)11-20(13)10-16-12-21-14(2)19-16/h12-13,15,17-18H,3-11H2,1-2H3. The van der Waals surface area contributed by atoms with Crippen molar-refractivity contribution in [3.05, 3.63) is 16.1 Å². The number of aryl methyl sites for hydroxylation is 1. The fourth-order valence-electron chi connectivity index (χ4n) is 3.92. The molecule has 2 unspecified atom stereocenters. The van der Waals surface area contributed by atoms with E-state index in [9.17, 15) is 0 Å². The van der Waals surface area contributed by atoms with Crippen LogP contribution in [0.5, 0.6) is 0 Å². The van der Waals surface area contributed by atoms with Crippen LogP contribution in [0.3, 0.4) is 0 Å². The summed E-state index contributed by atoms with van der Waals surface area (Å²) in [6, 6.07) is 1.35. The Balaban J connectivity index is 1.65. The Bertz CT molecular complexity index is 439. The van der Waals surface area contributed by atoms with Gasteiger partial charge in [-0.15, -0.1) is 11.3 Å². The second-order valence-electron chi connectivity index (χ2n) is 6.88. The molecule has 1 aliphatic carbocycles.